The number of pyridine rings is 1. The molecule has 0 spiro atoms. The first-order chi connectivity index (χ1) is 9.07. The van der Waals surface area contributed by atoms with Crippen molar-refractivity contribution in [3.8, 4) is 0 Å². The summed E-state index contributed by atoms with van der Waals surface area (Å²) in [5, 5.41) is 0. The molecule has 19 heavy (non-hydrogen) atoms. The van der Waals surface area contributed by atoms with Crippen LogP contribution >= 0.6 is 0 Å². The van der Waals surface area contributed by atoms with Crippen LogP contribution in [0.5, 0.6) is 0 Å². The SMILES string of the molecule is CN(c1ccncc1)S(=O)(=O)c1ccccc1CN. The lowest BCUT2D eigenvalue weighted by atomic mass is 10.2. The lowest BCUT2D eigenvalue weighted by Crippen LogP contribution is -2.27. The van der Waals surface area contributed by atoms with Gasteiger partial charge in [-0.1, -0.05) is 18.2 Å². The van der Waals surface area contributed by atoms with Crippen LogP contribution < -0.4 is 10.0 Å². The minimum atomic E-state index is -3.61. The van der Waals surface area contributed by atoms with Crippen molar-refractivity contribution >= 4 is 15.7 Å². The quantitative estimate of drug-likeness (QED) is 0.915. The van der Waals surface area contributed by atoms with Gasteiger partial charge in [-0.05, 0) is 23.8 Å². The lowest BCUT2D eigenvalue weighted by molar-refractivity contribution is 0.593. The van der Waals surface area contributed by atoms with Crippen LogP contribution in [0.15, 0.2) is 53.7 Å². The summed E-state index contributed by atoms with van der Waals surface area (Å²) in [6.07, 6.45) is 3.10. The molecule has 0 saturated heterocycles. The minimum Gasteiger partial charge on any atom is -0.326 e. The molecule has 0 aliphatic rings. The largest absolute Gasteiger partial charge is 0.326 e. The molecule has 0 saturated carbocycles. The van der Waals surface area contributed by atoms with E-state index in [1.165, 1.54) is 11.4 Å². The second kappa shape index (κ2) is 5.38. The molecule has 2 aromatic rings. The first kappa shape index (κ1) is 13.5. The van der Waals surface area contributed by atoms with Gasteiger partial charge in [-0.15, -0.1) is 0 Å². The number of hydrogen-bond donors (Lipinski definition) is 1. The zero-order valence-corrected chi connectivity index (χ0v) is 11.3. The van der Waals surface area contributed by atoms with Crippen LogP contribution in [0.25, 0.3) is 0 Å². The monoisotopic (exact) mass is 277 g/mol. The third-order valence-electron chi connectivity index (χ3n) is 2.86. The number of anilines is 1. The Balaban J connectivity index is 2.48. The second-order valence-corrected chi connectivity index (χ2v) is 5.93. The zero-order chi connectivity index (χ0) is 13.9. The van der Waals surface area contributed by atoms with Crippen molar-refractivity contribution in [2.24, 2.45) is 5.73 Å². The van der Waals surface area contributed by atoms with Gasteiger partial charge in [0.1, 0.15) is 0 Å². The summed E-state index contributed by atoms with van der Waals surface area (Å²) in [5.74, 6) is 0. The Hall–Kier alpha value is -1.92. The molecule has 0 unspecified atom stereocenters. The Bertz CT molecular complexity index is 657. The van der Waals surface area contributed by atoms with Gasteiger partial charge >= 0.3 is 0 Å². The fourth-order valence-corrected chi connectivity index (χ4v) is 3.19. The number of sulfonamides is 1. The van der Waals surface area contributed by atoms with Gasteiger partial charge in [0.2, 0.25) is 0 Å². The molecule has 2 N–H and O–H groups in total. The van der Waals surface area contributed by atoms with E-state index in [1.54, 1.807) is 48.8 Å². The summed E-state index contributed by atoms with van der Waals surface area (Å²) in [7, 11) is -2.10. The van der Waals surface area contributed by atoms with Crippen molar-refractivity contribution in [3.63, 3.8) is 0 Å². The highest BCUT2D eigenvalue weighted by Gasteiger charge is 2.23. The number of hydrogen-bond acceptors (Lipinski definition) is 4. The average molecular weight is 277 g/mol. The maximum atomic E-state index is 12.6. The number of benzene rings is 1. The molecule has 0 amide bonds. The Morgan fingerprint density at radius 3 is 2.42 bits per heavy atom. The Morgan fingerprint density at radius 2 is 1.79 bits per heavy atom. The smallest absolute Gasteiger partial charge is 0.264 e. The maximum absolute atomic E-state index is 12.6. The third-order valence-corrected chi connectivity index (χ3v) is 4.74. The summed E-state index contributed by atoms with van der Waals surface area (Å²) >= 11 is 0. The molecular formula is C13H15N3O2S. The van der Waals surface area contributed by atoms with Crippen LogP contribution in [0.1, 0.15) is 5.56 Å². The van der Waals surface area contributed by atoms with E-state index >= 15 is 0 Å². The fourth-order valence-electron chi connectivity index (χ4n) is 1.76. The molecule has 0 fully saturated rings. The highest BCUT2D eigenvalue weighted by Crippen LogP contribution is 2.23. The molecule has 1 aromatic carbocycles. The molecule has 6 heteroatoms. The van der Waals surface area contributed by atoms with Gasteiger partial charge in [-0.3, -0.25) is 9.29 Å². The topological polar surface area (TPSA) is 76.3 Å². The normalized spacial score (nSPS) is 11.3. The summed E-state index contributed by atoms with van der Waals surface area (Å²) in [5.41, 5.74) is 6.75. The summed E-state index contributed by atoms with van der Waals surface area (Å²) in [6.45, 7) is 0.180. The van der Waals surface area contributed by atoms with Gasteiger partial charge in [0.15, 0.2) is 0 Å². The van der Waals surface area contributed by atoms with Gasteiger partial charge in [0, 0.05) is 26.0 Å². The molecule has 0 bridgehead atoms. The Kier molecular flexibility index (Phi) is 3.82. The number of aromatic nitrogens is 1. The molecule has 1 aromatic heterocycles. The van der Waals surface area contributed by atoms with Crippen molar-refractivity contribution in [2.45, 2.75) is 11.4 Å². The zero-order valence-electron chi connectivity index (χ0n) is 10.5. The highest BCUT2D eigenvalue weighted by atomic mass is 32.2. The van der Waals surface area contributed by atoms with Crippen LogP contribution in [0.2, 0.25) is 0 Å². The van der Waals surface area contributed by atoms with E-state index in [4.69, 9.17) is 5.73 Å². The first-order valence-corrected chi connectivity index (χ1v) is 7.18. The maximum Gasteiger partial charge on any atom is 0.264 e. The minimum absolute atomic E-state index is 0.180. The third kappa shape index (κ3) is 2.59. The highest BCUT2D eigenvalue weighted by molar-refractivity contribution is 7.92. The van der Waals surface area contributed by atoms with Crippen LogP contribution in [-0.2, 0) is 16.6 Å². The van der Waals surface area contributed by atoms with Gasteiger partial charge in [0.05, 0.1) is 10.6 Å². The van der Waals surface area contributed by atoms with E-state index in [-0.39, 0.29) is 11.4 Å². The van der Waals surface area contributed by atoms with Crippen LogP contribution in [0.4, 0.5) is 5.69 Å². The van der Waals surface area contributed by atoms with E-state index in [0.29, 0.717) is 11.3 Å². The molecule has 0 aliphatic carbocycles. The standard InChI is InChI=1S/C13H15N3O2S/c1-16(12-6-8-15-9-7-12)19(17,18)13-5-3-2-4-11(13)10-14/h2-9H,10,14H2,1H3. The second-order valence-electron chi connectivity index (χ2n) is 3.99. The number of nitrogens with zero attached hydrogens (tertiary/aromatic N) is 2. The van der Waals surface area contributed by atoms with Crippen LogP contribution in [-0.4, -0.2) is 20.4 Å². The van der Waals surface area contributed by atoms with E-state index in [0.717, 1.165) is 0 Å². The predicted molar refractivity (Wildman–Crippen MR) is 74.2 cm³/mol. The summed E-state index contributed by atoms with van der Waals surface area (Å²) < 4.78 is 26.3. The lowest BCUT2D eigenvalue weighted by Gasteiger charge is -2.20. The van der Waals surface area contributed by atoms with Gasteiger partial charge in [-0.25, -0.2) is 8.42 Å². The Labute approximate surface area is 112 Å². The average Bonchev–Trinajstić information content (AvgIpc) is 2.47. The van der Waals surface area contributed by atoms with Crippen molar-refractivity contribution in [3.05, 3.63) is 54.4 Å². The van der Waals surface area contributed by atoms with E-state index in [1.807, 2.05) is 0 Å². The molecule has 0 atom stereocenters. The molecule has 0 aliphatic heterocycles. The molecule has 5 nitrogen and oxygen atoms in total. The first-order valence-electron chi connectivity index (χ1n) is 5.74. The number of nitrogens with two attached hydrogens (primary N) is 1. The van der Waals surface area contributed by atoms with Crippen LogP contribution in [0, 0.1) is 0 Å². The van der Waals surface area contributed by atoms with E-state index in [9.17, 15) is 8.42 Å². The number of rotatable bonds is 4. The molecule has 2 rings (SSSR count). The molecule has 1 heterocycles. The fraction of sp³-hybridized carbons (Fsp3) is 0.154. The van der Waals surface area contributed by atoms with Crippen LogP contribution in [0.3, 0.4) is 0 Å². The summed E-state index contributed by atoms with van der Waals surface area (Å²) in [4.78, 5) is 4.11. The van der Waals surface area contributed by atoms with E-state index in [2.05, 4.69) is 4.98 Å². The van der Waals surface area contributed by atoms with Crippen molar-refractivity contribution in [1.82, 2.24) is 4.98 Å². The van der Waals surface area contributed by atoms with Crippen molar-refractivity contribution in [2.75, 3.05) is 11.4 Å². The molecule has 0 radical (unpaired) electrons. The molecular weight excluding hydrogens is 262 g/mol. The van der Waals surface area contributed by atoms with Gasteiger partial charge < -0.3 is 5.73 Å². The predicted octanol–water partition coefficient (Wildman–Crippen LogP) is 1.37. The van der Waals surface area contributed by atoms with Gasteiger partial charge in [0.25, 0.3) is 10.0 Å². The van der Waals surface area contributed by atoms with Crippen molar-refractivity contribution < 1.29 is 8.42 Å². The molecule has 100 valence electrons. The summed E-state index contributed by atoms with van der Waals surface area (Å²) in [6, 6.07) is 10.0. The van der Waals surface area contributed by atoms with Gasteiger partial charge in [-0.2, -0.15) is 0 Å². The van der Waals surface area contributed by atoms with Crippen molar-refractivity contribution in [1.29, 1.82) is 0 Å². The Morgan fingerprint density at radius 1 is 1.16 bits per heavy atom. The van der Waals surface area contributed by atoms with E-state index < -0.39 is 10.0 Å².